The van der Waals surface area contributed by atoms with Crippen molar-refractivity contribution in [2.75, 3.05) is 7.11 Å². The summed E-state index contributed by atoms with van der Waals surface area (Å²) >= 11 is 5.91. The number of carbonyl (C=O) groups excluding carboxylic acids is 1. The molecule has 0 radical (unpaired) electrons. The van der Waals surface area contributed by atoms with Crippen molar-refractivity contribution >= 4 is 27.6 Å². The molecule has 0 saturated heterocycles. The molecule has 8 heteroatoms. The molecular formula is C13H13ClN2O4S. The van der Waals surface area contributed by atoms with Crippen molar-refractivity contribution in [3.05, 3.63) is 52.8 Å². The van der Waals surface area contributed by atoms with Crippen LogP contribution in [0, 0.1) is 0 Å². The molecule has 0 aliphatic heterocycles. The fraction of sp³-hybridized carbons (Fsp3) is 0.154. The molecule has 2 aromatic rings. The Hall–Kier alpha value is -1.83. The third kappa shape index (κ3) is 3.63. The first-order valence-corrected chi connectivity index (χ1v) is 7.79. The molecule has 21 heavy (non-hydrogen) atoms. The van der Waals surface area contributed by atoms with E-state index in [9.17, 15) is 13.2 Å². The zero-order valence-electron chi connectivity index (χ0n) is 11.1. The second kappa shape index (κ2) is 6.30. The summed E-state index contributed by atoms with van der Waals surface area (Å²) in [5, 5.41) is 0.0317. The van der Waals surface area contributed by atoms with Crippen LogP contribution in [0.15, 0.2) is 41.6 Å². The molecule has 0 aliphatic rings. The van der Waals surface area contributed by atoms with Crippen LogP contribution < -0.4 is 4.72 Å². The van der Waals surface area contributed by atoms with E-state index in [4.69, 9.17) is 11.6 Å². The molecule has 6 nitrogen and oxygen atoms in total. The van der Waals surface area contributed by atoms with Crippen molar-refractivity contribution in [3.8, 4) is 0 Å². The molecule has 112 valence electrons. The van der Waals surface area contributed by atoms with Gasteiger partial charge >= 0.3 is 5.97 Å². The second-order valence-electron chi connectivity index (χ2n) is 4.18. The number of esters is 1. The minimum absolute atomic E-state index is 0.0317. The van der Waals surface area contributed by atoms with Crippen LogP contribution in [0.3, 0.4) is 0 Å². The number of halogens is 1. The summed E-state index contributed by atoms with van der Waals surface area (Å²) < 4.78 is 31.5. The van der Waals surface area contributed by atoms with Gasteiger partial charge in [0.15, 0.2) is 0 Å². The van der Waals surface area contributed by atoms with Gasteiger partial charge in [0.05, 0.1) is 17.7 Å². The van der Waals surface area contributed by atoms with Crippen molar-refractivity contribution in [2.45, 2.75) is 11.4 Å². The fourth-order valence-electron chi connectivity index (χ4n) is 1.68. The van der Waals surface area contributed by atoms with Crippen LogP contribution in [0.25, 0.3) is 0 Å². The van der Waals surface area contributed by atoms with Crippen molar-refractivity contribution in [3.63, 3.8) is 0 Å². The number of aromatic amines is 1. The quantitative estimate of drug-likeness (QED) is 0.821. The standard InChI is InChI=1S/C13H13ClN2O4S/c1-20-13(17)10-2-3-11(14)12(6-10)21(18,19)16-8-9-4-5-15-7-9/h2-7,15-16H,8H2,1H3. The highest BCUT2D eigenvalue weighted by Crippen LogP contribution is 2.23. The summed E-state index contributed by atoms with van der Waals surface area (Å²) in [6.07, 6.45) is 3.36. The smallest absolute Gasteiger partial charge is 0.337 e. The van der Waals surface area contributed by atoms with Gasteiger partial charge in [-0.1, -0.05) is 11.6 Å². The number of ether oxygens (including phenoxy) is 1. The van der Waals surface area contributed by atoms with E-state index in [1.165, 1.54) is 25.3 Å². The highest BCUT2D eigenvalue weighted by molar-refractivity contribution is 7.89. The molecule has 0 amide bonds. The van der Waals surface area contributed by atoms with Gasteiger partial charge in [0.2, 0.25) is 10.0 Å². The van der Waals surface area contributed by atoms with Crippen molar-refractivity contribution in [1.29, 1.82) is 0 Å². The van der Waals surface area contributed by atoms with Crippen molar-refractivity contribution in [1.82, 2.24) is 9.71 Å². The van der Waals surface area contributed by atoms with E-state index in [1.54, 1.807) is 18.5 Å². The number of hydrogen-bond donors (Lipinski definition) is 2. The Morgan fingerprint density at radius 2 is 2.14 bits per heavy atom. The van der Waals surface area contributed by atoms with Crippen LogP contribution in [0.5, 0.6) is 0 Å². The van der Waals surface area contributed by atoms with Crippen LogP contribution in [0.4, 0.5) is 0 Å². The SMILES string of the molecule is COC(=O)c1ccc(Cl)c(S(=O)(=O)NCc2cc[nH]c2)c1. The number of rotatable bonds is 5. The zero-order valence-corrected chi connectivity index (χ0v) is 12.7. The summed E-state index contributed by atoms with van der Waals surface area (Å²) in [6, 6.07) is 5.68. The lowest BCUT2D eigenvalue weighted by atomic mass is 10.2. The molecule has 0 fully saturated rings. The van der Waals surface area contributed by atoms with Gasteiger partial charge in [-0.3, -0.25) is 0 Å². The van der Waals surface area contributed by atoms with E-state index in [1.807, 2.05) is 0 Å². The summed E-state index contributed by atoms with van der Waals surface area (Å²) in [5.41, 5.74) is 0.891. The Balaban J connectivity index is 2.28. The van der Waals surface area contributed by atoms with E-state index in [-0.39, 0.29) is 22.0 Å². The highest BCUT2D eigenvalue weighted by atomic mass is 35.5. The molecule has 2 N–H and O–H groups in total. The molecule has 0 saturated carbocycles. The maximum absolute atomic E-state index is 12.3. The number of benzene rings is 1. The average Bonchev–Trinajstić information content (AvgIpc) is 2.98. The van der Waals surface area contributed by atoms with Gasteiger partial charge in [0.25, 0.3) is 0 Å². The first kappa shape index (κ1) is 15.6. The number of sulfonamides is 1. The number of aromatic nitrogens is 1. The number of hydrogen-bond acceptors (Lipinski definition) is 4. The molecule has 0 bridgehead atoms. The Bertz CT molecular complexity index is 742. The van der Waals surface area contributed by atoms with Gasteiger partial charge in [0.1, 0.15) is 4.90 Å². The number of H-pyrrole nitrogens is 1. The highest BCUT2D eigenvalue weighted by Gasteiger charge is 2.20. The first-order chi connectivity index (χ1) is 9.94. The predicted octanol–water partition coefficient (Wildman–Crippen LogP) is 1.93. The molecule has 0 aliphatic carbocycles. The van der Waals surface area contributed by atoms with Crippen molar-refractivity contribution < 1.29 is 17.9 Å². The minimum atomic E-state index is -3.83. The maximum atomic E-state index is 12.3. The third-order valence-corrected chi connectivity index (χ3v) is 4.65. The normalized spacial score (nSPS) is 11.3. The Kier molecular flexibility index (Phi) is 4.66. The molecule has 0 atom stereocenters. The lowest BCUT2D eigenvalue weighted by molar-refractivity contribution is 0.0600. The maximum Gasteiger partial charge on any atom is 0.337 e. The van der Waals surface area contributed by atoms with E-state index in [0.29, 0.717) is 0 Å². The van der Waals surface area contributed by atoms with Crippen LogP contribution in [-0.4, -0.2) is 26.5 Å². The Morgan fingerprint density at radius 3 is 2.76 bits per heavy atom. The summed E-state index contributed by atoms with van der Waals surface area (Å²) in [7, 11) is -2.62. The number of nitrogens with one attached hydrogen (secondary N) is 2. The summed E-state index contributed by atoms with van der Waals surface area (Å²) in [4.78, 5) is 14.1. The van der Waals surface area contributed by atoms with Gasteiger partial charge in [-0.15, -0.1) is 0 Å². The van der Waals surface area contributed by atoms with Gasteiger partial charge in [-0.05, 0) is 29.8 Å². The van der Waals surface area contributed by atoms with E-state index in [2.05, 4.69) is 14.4 Å². The molecule has 1 heterocycles. The summed E-state index contributed by atoms with van der Waals surface area (Å²) in [6.45, 7) is 0.116. The fourth-order valence-corrected chi connectivity index (χ4v) is 3.22. The molecule has 0 spiro atoms. The van der Waals surface area contributed by atoms with Gasteiger partial charge in [-0.25, -0.2) is 17.9 Å². The van der Waals surface area contributed by atoms with E-state index < -0.39 is 16.0 Å². The topological polar surface area (TPSA) is 88.3 Å². The Morgan fingerprint density at radius 1 is 1.38 bits per heavy atom. The molecule has 0 unspecified atom stereocenters. The zero-order chi connectivity index (χ0) is 15.5. The molecule has 2 rings (SSSR count). The van der Waals surface area contributed by atoms with Gasteiger partial charge < -0.3 is 9.72 Å². The van der Waals surface area contributed by atoms with Gasteiger partial charge in [-0.2, -0.15) is 0 Å². The molecule has 1 aromatic heterocycles. The number of methoxy groups -OCH3 is 1. The largest absolute Gasteiger partial charge is 0.465 e. The first-order valence-electron chi connectivity index (χ1n) is 5.93. The van der Waals surface area contributed by atoms with Crippen LogP contribution in [0.1, 0.15) is 15.9 Å². The molecule has 1 aromatic carbocycles. The lowest BCUT2D eigenvalue weighted by Crippen LogP contribution is -2.23. The van der Waals surface area contributed by atoms with Crippen LogP contribution in [0.2, 0.25) is 5.02 Å². The lowest BCUT2D eigenvalue weighted by Gasteiger charge is -2.09. The molecular weight excluding hydrogens is 316 g/mol. The summed E-state index contributed by atoms with van der Waals surface area (Å²) in [5.74, 6) is -0.631. The van der Waals surface area contributed by atoms with E-state index in [0.717, 1.165) is 5.56 Å². The third-order valence-electron chi connectivity index (χ3n) is 2.77. The van der Waals surface area contributed by atoms with Crippen LogP contribution in [-0.2, 0) is 21.3 Å². The predicted molar refractivity (Wildman–Crippen MR) is 77.6 cm³/mol. The van der Waals surface area contributed by atoms with Crippen molar-refractivity contribution in [2.24, 2.45) is 0 Å². The van der Waals surface area contributed by atoms with E-state index >= 15 is 0 Å². The minimum Gasteiger partial charge on any atom is -0.465 e. The monoisotopic (exact) mass is 328 g/mol. The van der Waals surface area contributed by atoms with Crippen LogP contribution >= 0.6 is 11.6 Å². The second-order valence-corrected chi connectivity index (χ2v) is 6.32. The number of carbonyl (C=O) groups is 1. The average molecular weight is 329 g/mol. The van der Waals surface area contributed by atoms with Gasteiger partial charge in [0, 0.05) is 18.9 Å². The Labute approximate surface area is 127 Å².